The highest BCUT2D eigenvalue weighted by atomic mass is 16.2. The summed E-state index contributed by atoms with van der Waals surface area (Å²) in [7, 11) is 1.86. The van der Waals surface area contributed by atoms with E-state index in [0.29, 0.717) is 13.1 Å². The summed E-state index contributed by atoms with van der Waals surface area (Å²) >= 11 is 0. The molecular formula is C18H19N5O. The number of carbonyl (C=O) groups is 1. The molecule has 6 nitrogen and oxygen atoms in total. The second-order valence-electron chi connectivity index (χ2n) is 6.19. The van der Waals surface area contributed by atoms with E-state index in [0.717, 1.165) is 16.7 Å². The topological polar surface area (TPSA) is 63.1 Å². The summed E-state index contributed by atoms with van der Waals surface area (Å²) in [6, 6.07) is 9.78. The summed E-state index contributed by atoms with van der Waals surface area (Å²) < 4.78 is 1.73. The van der Waals surface area contributed by atoms with Crippen molar-refractivity contribution in [3.63, 3.8) is 0 Å². The van der Waals surface area contributed by atoms with E-state index < -0.39 is 0 Å². The lowest BCUT2D eigenvalue weighted by Gasteiger charge is -2.22. The molecule has 4 rings (SSSR count). The van der Waals surface area contributed by atoms with Gasteiger partial charge in [0.1, 0.15) is 6.04 Å². The lowest BCUT2D eigenvalue weighted by atomic mass is 10.1. The normalized spacial score (nSPS) is 14.7. The number of hydrogen-bond acceptors (Lipinski definition) is 4. The predicted molar refractivity (Wildman–Crippen MR) is 92.3 cm³/mol. The number of aromatic nitrogens is 3. The maximum atomic E-state index is 12.8. The van der Waals surface area contributed by atoms with Crippen LogP contribution < -0.4 is 5.32 Å². The van der Waals surface area contributed by atoms with E-state index in [2.05, 4.69) is 27.5 Å². The van der Waals surface area contributed by atoms with Crippen LogP contribution in [-0.2, 0) is 24.9 Å². The van der Waals surface area contributed by atoms with Gasteiger partial charge in [-0.2, -0.15) is 5.10 Å². The Morgan fingerprint density at radius 2 is 1.92 bits per heavy atom. The Morgan fingerprint density at radius 1 is 1.21 bits per heavy atom. The number of aryl methyl sites for hydroxylation is 1. The maximum absolute atomic E-state index is 12.8. The van der Waals surface area contributed by atoms with Crippen LogP contribution in [0.15, 0.2) is 42.7 Å². The van der Waals surface area contributed by atoms with E-state index in [1.54, 1.807) is 17.1 Å². The third kappa shape index (κ3) is 2.40. The number of carbonyl (C=O) groups excluding carboxylic acids is 1. The van der Waals surface area contributed by atoms with Gasteiger partial charge in [-0.05, 0) is 24.1 Å². The van der Waals surface area contributed by atoms with Crippen LogP contribution in [0.1, 0.15) is 18.1 Å². The quantitative estimate of drug-likeness (QED) is 0.804. The van der Waals surface area contributed by atoms with Crippen LogP contribution in [0.5, 0.6) is 0 Å². The van der Waals surface area contributed by atoms with Gasteiger partial charge < -0.3 is 10.2 Å². The van der Waals surface area contributed by atoms with Crippen LogP contribution in [0.25, 0.3) is 11.0 Å². The first kappa shape index (κ1) is 14.7. The molecule has 0 unspecified atom stereocenters. The van der Waals surface area contributed by atoms with Crippen LogP contribution in [0.4, 0.5) is 5.69 Å². The molecule has 6 heteroatoms. The van der Waals surface area contributed by atoms with Gasteiger partial charge in [-0.25, -0.2) is 4.98 Å². The molecule has 0 saturated heterocycles. The fourth-order valence-corrected chi connectivity index (χ4v) is 3.23. The SMILES string of the molecule is C[C@H](Nc1ccnc2c1cnn2C)C(=O)N1Cc2ccccc2C1. The number of pyridine rings is 1. The van der Waals surface area contributed by atoms with Gasteiger partial charge in [0, 0.05) is 32.0 Å². The van der Waals surface area contributed by atoms with Crippen molar-refractivity contribution in [3.8, 4) is 0 Å². The fourth-order valence-electron chi connectivity index (χ4n) is 3.23. The van der Waals surface area contributed by atoms with Gasteiger partial charge in [0.2, 0.25) is 5.91 Å². The number of fused-ring (bicyclic) bond motifs is 2. The minimum atomic E-state index is -0.315. The number of amides is 1. The molecule has 3 aromatic rings. The van der Waals surface area contributed by atoms with Crippen LogP contribution in [0.3, 0.4) is 0 Å². The van der Waals surface area contributed by atoms with Crippen molar-refractivity contribution in [3.05, 3.63) is 53.9 Å². The molecule has 1 aromatic carbocycles. The second-order valence-corrected chi connectivity index (χ2v) is 6.19. The summed E-state index contributed by atoms with van der Waals surface area (Å²) in [5.74, 6) is 0.0973. The number of nitrogens with one attached hydrogen (secondary N) is 1. The molecule has 0 bridgehead atoms. The molecule has 0 radical (unpaired) electrons. The molecule has 0 aliphatic carbocycles. The Hall–Kier alpha value is -2.89. The van der Waals surface area contributed by atoms with E-state index in [1.165, 1.54) is 11.1 Å². The zero-order valence-corrected chi connectivity index (χ0v) is 13.7. The fraction of sp³-hybridized carbons (Fsp3) is 0.278. The summed E-state index contributed by atoms with van der Waals surface area (Å²) in [6.07, 6.45) is 3.50. The minimum absolute atomic E-state index is 0.0973. The molecule has 24 heavy (non-hydrogen) atoms. The predicted octanol–water partition coefficient (Wildman–Crippen LogP) is 2.31. The third-order valence-corrected chi connectivity index (χ3v) is 4.53. The van der Waals surface area contributed by atoms with Crippen molar-refractivity contribution in [2.24, 2.45) is 7.05 Å². The van der Waals surface area contributed by atoms with Crippen molar-refractivity contribution in [1.29, 1.82) is 0 Å². The molecule has 1 N–H and O–H groups in total. The number of rotatable bonds is 3. The van der Waals surface area contributed by atoms with E-state index >= 15 is 0 Å². The first-order chi connectivity index (χ1) is 11.6. The molecule has 1 atom stereocenters. The van der Waals surface area contributed by atoms with E-state index in [-0.39, 0.29) is 11.9 Å². The largest absolute Gasteiger partial charge is 0.373 e. The molecule has 0 fully saturated rings. The number of benzene rings is 1. The zero-order chi connectivity index (χ0) is 16.7. The Bertz CT molecular complexity index is 892. The van der Waals surface area contributed by atoms with Crippen molar-refractivity contribution in [2.45, 2.75) is 26.1 Å². The van der Waals surface area contributed by atoms with Gasteiger partial charge in [0.15, 0.2) is 5.65 Å². The van der Waals surface area contributed by atoms with E-state index in [4.69, 9.17) is 0 Å². The Kier molecular flexibility index (Phi) is 3.45. The van der Waals surface area contributed by atoms with Crippen LogP contribution in [-0.4, -0.2) is 31.6 Å². The van der Waals surface area contributed by atoms with Crippen molar-refractivity contribution < 1.29 is 4.79 Å². The number of nitrogens with zero attached hydrogens (tertiary/aromatic N) is 4. The second kappa shape index (κ2) is 5.63. The molecule has 0 saturated carbocycles. The zero-order valence-electron chi connectivity index (χ0n) is 13.7. The lowest BCUT2D eigenvalue weighted by molar-refractivity contribution is -0.132. The first-order valence-electron chi connectivity index (χ1n) is 8.02. The highest BCUT2D eigenvalue weighted by molar-refractivity contribution is 5.92. The first-order valence-corrected chi connectivity index (χ1v) is 8.02. The summed E-state index contributed by atoms with van der Waals surface area (Å²) in [5.41, 5.74) is 4.15. The van der Waals surface area contributed by atoms with Gasteiger partial charge in [0.05, 0.1) is 11.6 Å². The molecule has 1 amide bonds. The average molecular weight is 321 g/mol. The van der Waals surface area contributed by atoms with Crippen LogP contribution in [0.2, 0.25) is 0 Å². The van der Waals surface area contributed by atoms with Crippen LogP contribution >= 0.6 is 0 Å². The number of hydrogen-bond donors (Lipinski definition) is 1. The lowest BCUT2D eigenvalue weighted by Crippen LogP contribution is -2.38. The summed E-state index contributed by atoms with van der Waals surface area (Å²) in [6.45, 7) is 3.26. The van der Waals surface area contributed by atoms with Gasteiger partial charge >= 0.3 is 0 Å². The van der Waals surface area contributed by atoms with Crippen LogP contribution in [0, 0.1) is 0 Å². The standard InChI is InChI=1S/C18H19N5O/c1-12(18(24)23-10-13-5-3-4-6-14(13)11-23)21-16-7-8-19-17-15(16)9-20-22(17)2/h3-9,12H,10-11H2,1-2H3,(H,19,21)/t12-/m0/s1. The summed E-state index contributed by atoms with van der Waals surface area (Å²) in [5, 5.41) is 8.47. The van der Waals surface area contributed by atoms with Gasteiger partial charge in [-0.3, -0.25) is 9.48 Å². The molecule has 1 aliphatic rings. The smallest absolute Gasteiger partial charge is 0.245 e. The average Bonchev–Trinajstić information content (AvgIpc) is 3.19. The molecule has 1 aliphatic heterocycles. The monoisotopic (exact) mass is 321 g/mol. The molecule has 2 aromatic heterocycles. The van der Waals surface area contributed by atoms with Crippen molar-refractivity contribution >= 4 is 22.6 Å². The molecule has 122 valence electrons. The van der Waals surface area contributed by atoms with Gasteiger partial charge in [0.25, 0.3) is 0 Å². The summed E-state index contributed by atoms with van der Waals surface area (Å²) in [4.78, 5) is 19.0. The maximum Gasteiger partial charge on any atom is 0.245 e. The third-order valence-electron chi connectivity index (χ3n) is 4.53. The van der Waals surface area contributed by atoms with Crippen molar-refractivity contribution in [2.75, 3.05) is 5.32 Å². The van der Waals surface area contributed by atoms with E-state index in [1.807, 2.05) is 37.1 Å². The van der Waals surface area contributed by atoms with Gasteiger partial charge in [-0.15, -0.1) is 0 Å². The molecular weight excluding hydrogens is 302 g/mol. The Labute approximate surface area is 140 Å². The van der Waals surface area contributed by atoms with Gasteiger partial charge in [-0.1, -0.05) is 24.3 Å². The van der Waals surface area contributed by atoms with Crippen molar-refractivity contribution in [1.82, 2.24) is 19.7 Å². The number of anilines is 1. The highest BCUT2D eigenvalue weighted by Gasteiger charge is 2.26. The highest BCUT2D eigenvalue weighted by Crippen LogP contribution is 2.25. The molecule has 3 heterocycles. The minimum Gasteiger partial charge on any atom is -0.373 e. The Morgan fingerprint density at radius 3 is 2.62 bits per heavy atom. The Balaban J connectivity index is 1.52. The molecule has 0 spiro atoms. The van der Waals surface area contributed by atoms with E-state index in [9.17, 15) is 4.79 Å².